The summed E-state index contributed by atoms with van der Waals surface area (Å²) in [4.78, 5) is 14.0. The predicted molar refractivity (Wildman–Crippen MR) is 76.4 cm³/mol. The molecule has 0 saturated heterocycles. The number of hydrogen-bond donors (Lipinski definition) is 2. The van der Waals surface area contributed by atoms with Crippen molar-refractivity contribution in [3.63, 3.8) is 0 Å². The summed E-state index contributed by atoms with van der Waals surface area (Å²) in [6, 6.07) is -0.218. The lowest BCUT2D eigenvalue weighted by molar-refractivity contribution is -0.123. The zero-order valence-corrected chi connectivity index (χ0v) is 12.3. The fourth-order valence-electron chi connectivity index (χ4n) is 1.64. The topological polar surface area (TPSA) is 58.4 Å². The van der Waals surface area contributed by atoms with Gasteiger partial charge < -0.3 is 16.0 Å². The van der Waals surface area contributed by atoms with Gasteiger partial charge in [0, 0.05) is 12.6 Å². The van der Waals surface area contributed by atoms with Crippen molar-refractivity contribution in [3.8, 4) is 0 Å². The average molecular weight is 261 g/mol. The van der Waals surface area contributed by atoms with Gasteiger partial charge in [0.2, 0.25) is 5.91 Å². The van der Waals surface area contributed by atoms with Crippen LogP contribution >= 0.6 is 11.8 Å². The molecule has 3 N–H and O–H groups in total. The van der Waals surface area contributed by atoms with Crippen molar-refractivity contribution in [2.45, 2.75) is 39.3 Å². The molecule has 0 aliphatic heterocycles. The minimum atomic E-state index is -0.374. The molecule has 1 unspecified atom stereocenters. The number of carbonyl (C=O) groups excluding carboxylic acids is 1. The maximum atomic E-state index is 11.8. The first kappa shape index (κ1) is 16.7. The Morgan fingerprint density at radius 1 is 1.41 bits per heavy atom. The molecule has 0 aromatic heterocycles. The summed E-state index contributed by atoms with van der Waals surface area (Å²) < 4.78 is 0. The lowest BCUT2D eigenvalue weighted by atomic mass is 10.2. The number of nitrogens with zero attached hydrogens (tertiary/aromatic N) is 1. The summed E-state index contributed by atoms with van der Waals surface area (Å²) in [7, 11) is 0. The van der Waals surface area contributed by atoms with Gasteiger partial charge in [0.25, 0.3) is 0 Å². The third-order valence-corrected chi connectivity index (χ3v) is 3.43. The number of likely N-dealkylation sites (N-methyl/N-ethyl adjacent to an activating group) is 1. The van der Waals surface area contributed by atoms with Gasteiger partial charge in [-0.15, -0.1) is 0 Å². The van der Waals surface area contributed by atoms with E-state index in [-0.39, 0.29) is 18.0 Å². The highest BCUT2D eigenvalue weighted by Crippen LogP contribution is 1.99. The second-order valence-electron chi connectivity index (χ2n) is 4.28. The van der Waals surface area contributed by atoms with Crippen molar-refractivity contribution in [2.75, 3.05) is 31.6 Å². The molecular weight excluding hydrogens is 234 g/mol. The van der Waals surface area contributed by atoms with E-state index in [4.69, 9.17) is 5.73 Å². The minimum absolute atomic E-state index is 0.0290. The number of nitrogens with two attached hydrogens (primary N) is 1. The smallest absolute Gasteiger partial charge is 0.237 e. The van der Waals surface area contributed by atoms with Gasteiger partial charge in [-0.3, -0.25) is 4.79 Å². The van der Waals surface area contributed by atoms with E-state index in [2.05, 4.69) is 24.1 Å². The fourth-order valence-corrected chi connectivity index (χ4v) is 2.13. The van der Waals surface area contributed by atoms with E-state index in [0.29, 0.717) is 0 Å². The van der Waals surface area contributed by atoms with Gasteiger partial charge in [0.1, 0.15) is 0 Å². The van der Waals surface area contributed by atoms with Crippen LogP contribution in [0.5, 0.6) is 0 Å². The second-order valence-corrected chi connectivity index (χ2v) is 5.27. The Morgan fingerprint density at radius 3 is 2.47 bits per heavy atom. The van der Waals surface area contributed by atoms with Crippen molar-refractivity contribution in [2.24, 2.45) is 5.73 Å². The van der Waals surface area contributed by atoms with Crippen LogP contribution in [0.4, 0.5) is 0 Å². The second kappa shape index (κ2) is 9.74. The molecule has 0 aliphatic rings. The number of amides is 1. The molecule has 102 valence electrons. The summed E-state index contributed by atoms with van der Waals surface area (Å²) in [6.07, 6.45) is 2.76. The zero-order valence-electron chi connectivity index (χ0n) is 11.5. The van der Waals surface area contributed by atoms with Crippen molar-refractivity contribution in [1.29, 1.82) is 0 Å². The molecule has 0 saturated carbocycles. The third-order valence-electron chi connectivity index (χ3n) is 2.78. The first-order chi connectivity index (χ1) is 8.04. The van der Waals surface area contributed by atoms with Gasteiger partial charge in [-0.2, -0.15) is 11.8 Å². The molecule has 0 aliphatic carbocycles. The zero-order chi connectivity index (χ0) is 13.3. The molecule has 0 fully saturated rings. The normalized spacial score (nSPS) is 14.7. The Balaban J connectivity index is 3.93. The van der Waals surface area contributed by atoms with E-state index < -0.39 is 0 Å². The highest BCUT2D eigenvalue weighted by Gasteiger charge is 2.16. The first-order valence-electron chi connectivity index (χ1n) is 6.32. The number of rotatable bonds is 9. The van der Waals surface area contributed by atoms with Crippen LogP contribution in [0.3, 0.4) is 0 Å². The molecule has 2 atom stereocenters. The van der Waals surface area contributed by atoms with E-state index in [1.807, 2.05) is 13.2 Å². The molecule has 0 rings (SSSR count). The monoisotopic (exact) mass is 261 g/mol. The Bertz CT molecular complexity index is 210. The molecule has 0 aromatic carbocycles. The molecule has 0 spiro atoms. The fraction of sp³-hybridized carbons (Fsp3) is 0.917. The lowest BCUT2D eigenvalue weighted by Gasteiger charge is -2.24. The van der Waals surface area contributed by atoms with Crippen LogP contribution in [0.25, 0.3) is 0 Å². The maximum Gasteiger partial charge on any atom is 0.237 e. The molecule has 0 bridgehead atoms. The standard InChI is InChI=1S/C12H27N3OS/c1-5-15(6-2)9-10(3)14-12(16)11(13)7-8-17-4/h10-11H,5-9,13H2,1-4H3,(H,14,16)/t10?,11-/m0/s1. The largest absolute Gasteiger partial charge is 0.351 e. The van der Waals surface area contributed by atoms with E-state index in [1.165, 1.54) is 0 Å². The van der Waals surface area contributed by atoms with E-state index in [1.54, 1.807) is 11.8 Å². The number of thioether (sulfide) groups is 1. The van der Waals surface area contributed by atoms with Crippen molar-refractivity contribution < 1.29 is 4.79 Å². The van der Waals surface area contributed by atoms with Crippen LogP contribution in [0.2, 0.25) is 0 Å². The Labute approximate surface area is 110 Å². The minimum Gasteiger partial charge on any atom is -0.351 e. The predicted octanol–water partition coefficient (Wildman–Crippen LogP) is 0.913. The van der Waals surface area contributed by atoms with Gasteiger partial charge in [-0.1, -0.05) is 13.8 Å². The van der Waals surface area contributed by atoms with Gasteiger partial charge in [-0.25, -0.2) is 0 Å². The number of hydrogen-bond acceptors (Lipinski definition) is 4. The molecule has 4 nitrogen and oxygen atoms in total. The Morgan fingerprint density at radius 2 is 2.00 bits per heavy atom. The molecule has 1 amide bonds. The van der Waals surface area contributed by atoms with E-state index >= 15 is 0 Å². The van der Waals surface area contributed by atoms with Crippen molar-refractivity contribution in [3.05, 3.63) is 0 Å². The van der Waals surface area contributed by atoms with Crippen LogP contribution in [-0.2, 0) is 4.79 Å². The summed E-state index contributed by atoms with van der Waals surface area (Å²) in [5, 5.41) is 2.97. The van der Waals surface area contributed by atoms with E-state index in [0.717, 1.165) is 31.8 Å². The van der Waals surface area contributed by atoms with Crippen molar-refractivity contribution in [1.82, 2.24) is 10.2 Å². The van der Waals surface area contributed by atoms with Crippen LogP contribution in [0, 0.1) is 0 Å². The van der Waals surface area contributed by atoms with Gasteiger partial charge >= 0.3 is 0 Å². The Kier molecular flexibility index (Phi) is 9.59. The van der Waals surface area contributed by atoms with Crippen LogP contribution in [-0.4, -0.2) is 54.5 Å². The van der Waals surface area contributed by atoms with Crippen LogP contribution < -0.4 is 11.1 Å². The highest BCUT2D eigenvalue weighted by molar-refractivity contribution is 7.98. The quantitative estimate of drug-likeness (QED) is 0.648. The van der Waals surface area contributed by atoms with Crippen molar-refractivity contribution >= 4 is 17.7 Å². The SMILES string of the molecule is CCN(CC)CC(C)NC(=O)[C@@H](N)CCSC. The van der Waals surface area contributed by atoms with E-state index in [9.17, 15) is 4.79 Å². The van der Waals surface area contributed by atoms with Crippen LogP contribution in [0.15, 0.2) is 0 Å². The Hall–Kier alpha value is -0.260. The maximum absolute atomic E-state index is 11.8. The molecule has 17 heavy (non-hydrogen) atoms. The lowest BCUT2D eigenvalue weighted by Crippen LogP contribution is -2.48. The average Bonchev–Trinajstić information content (AvgIpc) is 2.32. The molecular formula is C12H27N3OS. The summed E-state index contributed by atoms with van der Waals surface area (Å²) in [6.45, 7) is 9.18. The van der Waals surface area contributed by atoms with Gasteiger partial charge in [0.15, 0.2) is 0 Å². The molecule has 0 aromatic rings. The summed E-state index contributed by atoms with van der Waals surface area (Å²) in [5.74, 6) is 0.901. The van der Waals surface area contributed by atoms with Gasteiger partial charge in [-0.05, 0) is 38.4 Å². The highest BCUT2D eigenvalue weighted by atomic mass is 32.2. The molecule has 5 heteroatoms. The number of carbonyl (C=O) groups is 1. The summed E-state index contributed by atoms with van der Waals surface area (Å²) >= 11 is 1.72. The van der Waals surface area contributed by atoms with Crippen LogP contribution in [0.1, 0.15) is 27.2 Å². The first-order valence-corrected chi connectivity index (χ1v) is 7.71. The molecule has 0 radical (unpaired) electrons. The van der Waals surface area contributed by atoms with Gasteiger partial charge in [0.05, 0.1) is 6.04 Å². The number of nitrogens with one attached hydrogen (secondary N) is 1. The molecule has 0 heterocycles. The third kappa shape index (κ3) is 7.63. The summed E-state index contributed by atoms with van der Waals surface area (Å²) in [5.41, 5.74) is 5.81.